The van der Waals surface area contributed by atoms with Crippen molar-refractivity contribution in [1.82, 2.24) is 0 Å². The van der Waals surface area contributed by atoms with E-state index in [-0.39, 0.29) is 13.2 Å². The highest BCUT2D eigenvalue weighted by Gasteiger charge is 2.10. The average Bonchev–Trinajstić information content (AvgIpc) is 2.71. The van der Waals surface area contributed by atoms with E-state index in [9.17, 15) is 9.59 Å². The van der Waals surface area contributed by atoms with Crippen molar-refractivity contribution in [2.24, 2.45) is 0 Å². The molecule has 0 aliphatic heterocycles. The first kappa shape index (κ1) is 20.0. The van der Waals surface area contributed by atoms with Crippen LogP contribution in [-0.2, 0) is 9.53 Å². The summed E-state index contributed by atoms with van der Waals surface area (Å²) >= 11 is 0. The van der Waals surface area contributed by atoms with Crippen molar-refractivity contribution in [3.63, 3.8) is 0 Å². The Morgan fingerprint density at radius 3 is 2.26 bits per heavy atom. The van der Waals surface area contributed by atoms with Crippen molar-refractivity contribution in [3.05, 3.63) is 59.7 Å². The Bertz CT molecular complexity index is 808. The SMILES string of the molecule is CCOC(=O)C=C(COc1ccc(OC)cc1C=O)c1ccc(OC)cc1. The molecule has 2 aromatic carbocycles. The molecular weight excluding hydrogens is 348 g/mol. The van der Waals surface area contributed by atoms with Gasteiger partial charge in [0.15, 0.2) is 6.29 Å². The van der Waals surface area contributed by atoms with E-state index in [1.807, 2.05) is 12.1 Å². The molecule has 0 saturated carbocycles. The molecule has 6 heteroatoms. The maximum Gasteiger partial charge on any atom is 0.331 e. The predicted octanol–water partition coefficient (Wildman–Crippen LogP) is 3.54. The largest absolute Gasteiger partial charge is 0.497 e. The number of esters is 1. The molecule has 0 aromatic heterocycles. The van der Waals surface area contributed by atoms with Gasteiger partial charge in [0.05, 0.1) is 26.4 Å². The Morgan fingerprint density at radius 1 is 1.00 bits per heavy atom. The van der Waals surface area contributed by atoms with Gasteiger partial charge >= 0.3 is 5.97 Å². The minimum atomic E-state index is -0.461. The molecular formula is C21H22O6. The zero-order valence-corrected chi connectivity index (χ0v) is 15.6. The summed E-state index contributed by atoms with van der Waals surface area (Å²) in [5.74, 6) is 1.20. The van der Waals surface area contributed by atoms with Crippen LogP contribution in [0.2, 0.25) is 0 Å². The highest BCUT2D eigenvalue weighted by molar-refractivity contribution is 5.91. The standard InChI is InChI=1S/C21H22O6/c1-4-26-21(23)12-17(15-5-7-18(24-2)8-6-15)14-27-20-10-9-19(25-3)11-16(20)13-22/h5-13H,4,14H2,1-3H3. The molecule has 0 atom stereocenters. The number of carbonyl (C=O) groups excluding carboxylic acids is 2. The van der Waals surface area contributed by atoms with Gasteiger partial charge in [-0.1, -0.05) is 12.1 Å². The third-order valence-electron chi connectivity index (χ3n) is 3.77. The summed E-state index contributed by atoms with van der Waals surface area (Å²) in [6.07, 6.45) is 2.08. The summed E-state index contributed by atoms with van der Waals surface area (Å²) in [6.45, 7) is 2.10. The van der Waals surface area contributed by atoms with Crippen molar-refractivity contribution < 1.29 is 28.5 Å². The van der Waals surface area contributed by atoms with Crippen molar-refractivity contribution in [1.29, 1.82) is 0 Å². The molecule has 0 bridgehead atoms. The first-order valence-electron chi connectivity index (χ1n) is 8.39. The van der Waals surface area contributed by atoms with Gasteiger partial charge in [-0.15, -0.1) is 0 Å². The van der Waals surface area contributed by atoms with E-state index in [1.165, 1.54) is 13.2 Å². The minimum absolute atomic E-state index is 0.0817. The van der Waals surface area contributed by atoms with Crippen molar-refractivity contribution in [2.75, 3.05) is 27.4 Å². The van der Waals surface area contributed by atoms with Gasteiger partial charge in [-0.2, -0.15) is 0 Å². The Morgan fingerprint density at radius 2 is 1.67 bits per heavy atom. The summed E-state index contributed by atoms with van der Waals surface area (Å²) < 4.78 is 21.0. The van der Waals surface area contributed by atoms with Crippen LogP contribution in [-0.4, -0.2) is 39.7 Å². The van der Waals surface area contributed by atoms with Crippen LogP contribution in [0.3, 0.4) is 0 Å². The van der Waals surface area contributed by atoms with Crippen molar-refractivity contribution in [2.45, 2.75) is 6.92 Å². The fourth-order valence-corrected chi connectivity index (χ4v) is 2.37. The molecule has 0 aliphatic carbocycles. The molecule has 2 rings (SSSR count). The molecule has 0 amide bonds. The Balaban J connectivity index is 2.26. The number of hydrogen-bond donors (Lipinski definition) is 0. The van der Waals surface area contributed by atoms with Gasteiger partial charge in [-0.25, -0.2) is 4.79 Å². The van der Waals surface area contributed by atoms with Crippen LogP contribution in [0.5, 0.6) is 17.2 Å². The lowest BCUT2D eigenvalue weighted by Crippen LogP contribution is -2.07. The van der Waals surface area contributed by atoms with Crippen LogP contribution in [0, 0.1) is 0 Å². The molecule has 2 aromatic rings. The van der Waals surface area contributed by atoms with E-state index in [0.29, 0.717) is 34.7 Å². The number of methoxy groups -OCH3 is 2. The normalized spacial score (nSPS) is 10.9. The number of aldehydes is 1. The second kappa shape index (κ2) is 10.0. The molecule has 0 N–H and O–H groups in total. The molecule has 0 radical (unpaired) electrons. The van der Waals surface area contributed by atoms with Gasteiger partial charge < -0.3 is 18.9 Å². The quantitative estimate of drug-likeness (QED) is 0.382. The van der Waals surface area contributed by atoms with E-state index in [0.717, 1.165) is 5.56 Å². The highest BCUT2D eigenvalue weighted by atomic mass is 16.5. The zero-order valence-electron chi connectivity index (χ0n) is 15.6. The maximum absolute atomic E-state index is 11.9. The van der Waals surface area contributed by atoms with Crippen LogP contribution in [0.25, 0.3) is 5.57 Å². The molecule has 0 heterocycles. The molecule has 142 valence electrons. The fourth-order valence-electron chi connectivity index (χ4n) is 2.37. The highest BCUT2D eigenvalue weighted by Crippen LogP contribution is 2.25. The van der Waals surface area contributed by atoms with Crippen LogP contribution < -0.4 is 14.2 Å². The summed E-state index contributed by atoms with van der Waals surface area (Å²) in [6, 6.07) is 12.2. The van der Waals surface area contributed by atoms with Gasteiger partial charge in [0.25, 0.3) is 0 Å². The van der Waals surface area contributed by atoms with Gasteiger partial charge in [0, 0.05) is 11.6 Å². The molecule has 0 aliphatic rings. The summed E-state index contributed by atoms with van der Waals surface area (Å²) in [4.78, 5) is 23.2. The van der Waals surface area contributed by atoms with E-state index in [2.05, 4.69) is 0 Å². The van der Waals surface area contributed by atoms with Gasteiger partial charge in [-0.05, 0) is 42.8 Å². The number of hydrogen-bond acceptors (Lipinski definition) is 6. The predicted molar refractivity (Wildman–Crippen MR) is 101 cm³/mol. The second-order valence-corrected chi connectivity index (χ2v) is 5.46. The topological polar surface area (TPSA) is 71.1 Å². The van der Waals surface area contributed by atoms with E-state index in [4.69, 9.17) is 18.9 Å². The maximum atomic E-state index is 11.9. The van der Waals surface area contributed by atoms with Crippen LogP contribution in [0.15, 0.2) is 48.5 Å². The number of rotatable bonds is 9. The second-order valence-electron chi connectivity index (χ2n) is 5.46. The Labute approximate surface area is 158 Å². The Kier molecular flexibility index (Phi) is 7.43. The molecule has 0 fully saturated rings. The molecule has 27 heavy (non-hydrogen) atoms. The fraction of sp³-hybridized carbons (Fsp3) is 0.238. The summed E-state index contributed by atoms with van der Waals surface area (Å²) in [7, 11) is 3.10. The zero-order chi connectivity index (χ0) is 19.6. The van der Waals surface area contributed by atoms with Crippen molar-refractivity contribution >= 4 is 17.8 Å². The smallest absolute Gasteiger partial charge is 0.331 e. The number of carbonyl (C=O) groups is 2. The van der Waals surface area contributed by atoms with Crippen molar-refractivity contribution in [3.8, 4) is 17.2 Å². The number of ether oxygens (including phenoxy) is 4. The first-order valence-corrected chi connectivity index (χ1v) is 8.39. The third-order valence-corrected chi connectivity index (χ3v) is 3.77. The van der Waals surface area contributed by atoms with Gasteiger partial charge in [0.1, 0.15) is 23.9 Å². The molecule has 0 unspecified atom stereocenters. The molecule has 6 nitrogen and oxygen atoms in total. The van der Waals surface area contributed by atoms with Gasteiger partial charge in [-0.3, -0.25) is 4.79 Å². The summed E-state index contributed by atoms with van der Waals surface area (Å²) in [5.41, 5.74) is 1.76. The lowest BCUT2D eigenvalue weighted by atomic mass is 10.1. The molecule has 0 saturated heterocycles. The first-order chi connectivity index (χ1) is 13.1. The minimum Gasteiger partial charge on any atom is -0.497 e. The van der Waals surface area contributed by atoms with Gasteiger partial charge in [0.2, 0.25) is 0 Å². The monoisotopic (exact) mass is 370 g/mol. The van der Waals surface area contributed by atoms with E-state index in [1.54, 1.807) is 44.4 Å². The van der Waals surface area contributed by atoms with Crippen LogP contribution in [0.4, 0.5) is 0 Å². The van der Waals surface area contributed by atoms with Crippen LogP contribution >= 0.6 is 0 Å². The average molecular weight is 370 g/mol. The third kappa shape index (κ3) is 5.60. The Hall–Kier alpha value is -3.28. The molecule has 0 spiro atoms. The van der Waals surface area contributed by atoms with E-state index >= 15 is 0 Å². The van der Waals surface area contributed by atoms with Crippen LogP contribution in [0.1, 0.15) is 22.8 Å². The lowest BCUT2D eigenvalue weighted by Gasteiger charge is -2.13. The lowest BCUT2D eigenvalue weighted by molar-refractivity contribution is -0.137. The number of benzene rings is 2. The van der Waals surface area contributed by atoms with E-state index < -0.39 is 5.97 Å². The summed E-state index contributed by atoms with van der Waals surface area (Å²) in [5, 5.41) is 0.